The lowest BCUT2D eigenvalue weighted by Crippen LogP contribution is -2.20. The Kier molecular flexibility index (Phi) is 10.5. The number of imidazole rings is 1. The Morgan fingerprint density at radius 2 is 1.73 bits per heavy atom. The van der Waals surface area contributed by atoms with Gasteiger partial charge in [0.1, 0.15) is 18.6 Å². The molecule has 1 saturated heterocycles. The molecule has 1 aliphatic heterocycles. The molecule has 3 heterocycles. The zero-order valence-corrected chi connectivity index (χ0v) is 26.0. The number of hydrogen-bond donors (Lipinski definition) is 3. The summed E-state index contributed by atoms with van der Waals surface area (Å²) in [6.07, 6.45) is 0.605. The molecule has 0 unspecified atom stereocenters. The average molecular weight is 632 g/mol. The maximum Gasteiger partial charge on any atom is 0.586 e. The number of aromatic nitrogens is 4. The summed E-state index contributed by atoms with van der Waals surface area (Å²) >= 11 is 1.71. The van der Waals surface area contributed by atoms with Crippen molar-refractivity contribution in [2.45, 2.75) is 66.4 Å². The van der Waals surface area contributed by atoms with Gasteiger partial charge >= 0.3 is 7.82 Å². The fourth-order valence-electron chi connectivity index (χ4n) is 3.21. The summed E-state index contributed by atoms with van der Waals surface area (Å²) in [6, 6.07) is 0. The first kappa shape index (κ1) is 32.9. The molecule has 226 valence electrons. The van der Waals surface area contributed by atoms with Crippen molar-refractivity contribution in [1.29, 1.82) is 0 Å². The third-order valence-electron chi connectivity index (χ3n) is 5.37. The molecule has 1 fully saturated rings. The van der Waals surface area contributed by atoms with E-state index in [0.717, 1.165) is 36.0 Å². The van der Waals surface area contributed by atoms with Crippen LogP contribution in [0.4, 0.5) is 5.95 Å². The van der Waals surface area contributed by atoms with Gasteiger partial charge in [-0.1, -0.05) is 65.1 Å². The number of hydrogen-bond acceptors (Lipinski definition) is 14. The van der Waals surface area contributed by atoms with Crippen LogP contribution in [-0.4, -0.2) is 53.7 Å². The number of aliphatic hydroxyl groups excluding tert-OH is 1. The lowest BCUT2D eigenvalue weighted by Gasteiger charge is -2.19. The summed E-state index contributed by atoms with van der Waals surface area (Å²) in [4.78, 5) is 46.8. The van der Waals surface area contributed by atoms with Crippen molar-refractivity contribution in [3.8, 4) is 0 Å². The van der Waals surface area contributed by atoms with E-state index in [0.29, 0.717) is 0 Å². The highest BCUT2D eigenvalue weighted by Crippen LogP contribution is 2.51. The van der Waals surface area contributed by atoms with Crippen molar-refractivity contribution < 1.29 is 37.6 Å². The minimum atomic E-state index is -4.30. The lowest BCUT2D eigenvalue weighted by molar-refractivity contribution is -0.118. The number of phosphoric ester groups is 1. The first-order chi connectivity index (χ1) is 19.0. The lowest BCUT2D eigenvalue weighted by atomic mass is 9.99. The first-order valence-corrected chi connectivity index (χ1v) is 15.6. The number of carbonyl (C=O) groups excluding carboxylic acids is 2. The highest BCUT2D eigenvalue weighted by molar-refractivity contribution is 8.16. The van der Waals surface area contributed by atoms with Gasteiger partial charge in [0.05, 0.1) is 19.0 Å². The molecule has 17 heteroatoms. The minimum absolute atomic E-state index is 0.0187. The van der Waals surface area contributed by atoms with Crippen molar-refractivity contribution in [2.24, 2.45) is 10.8 Å². The Morgan fingerprint density at radius 3 is 2.27 bits per heavy atom. The molecule has 0 aliphatic carbocycles. The van der Waals surface area contributed by atoms with Crippen LogP contribution in [0.25, 0.3) is 11.2 Å². The Bertz CT molecular complexity index is 1380. The molecule has 3 rings (SSSR count). The molecule has 0 bridgehead atoms. The normalized spacial score (nSPS) is 21.5. The molecule has 3 atom stereocenters. The molecule has 2 aromatic heterocycles. The van der Waals surface area contributed by atoms with Crippen molar-refractivity contribution in [2.75, 3.05) is 12.3 Å². The number of anilines is 1. The molecule has 14 nitrogen and oxygen atoms in total. The van der Waals surface area contributed by atoms with Crippen LogP contribution < -0.4 is 11.3 Å². The van der Waals surface area contributed by atoms with Gasteiger partial charge in [0.2, 0.25) is 5.95 Å². The fraction of sp³-hybridized carbons (Fsp3) is 0.542. The largest absolute Gasteiger partial charge is 0.586 e. The van der Waals surface area contributed by atoms with E-state index in [1.165, 1.54) is 21.7 Å². The van der Waals surface area contributed by atoms with Crippen LogP contribution in [0, 0.1) is 10.8 Å². The summed E-state index contributed by atoms with van der Waals surface area (Å²) in [5.74, 6) is -0.127. The molecular weight excluding hydrogens is 597 g/mol. The van der Waals surface area contributed by atoms with Gasteiger partial charge in [-0.15, -0.1) is 0 Å². The summed E-state index contributed by atoms with van der Waals surface area (Å²) < 4.78 is 36.6. The zero-order valence-electron chi connectivity index (χ0n) is 23.4. The van der Waals surface area contributed by atoms with E-state index in [2.05, 4.69) is 15.0 Å². The Balaban J connectivity index is 1.69. The number of nitrogens with one attached hydrogen (secondary N) is 1. The topological polar surface area (TPSA) is 198 Å². The second kappa shape index (κ2) is 13.1. The van der Waals surface area contributed by atoms with E-state index < -0.39 is 42.6 Å². The molecule has 41 heavy (non-hydrogen) atoms. The van der Waals surface area contributed by atoms with Crippen LogP contribution >= 0.6 is 31.3 Å². The highest BCUT2D eigenvalue weighted by atomic mass is 32.2. The third-order valence-corrected chi connectivity index (χ3v) is 8.75. The molecule has 4 N–H and O–H groups in total. The maximum atomic E-state index is 13.3. The predicted molar refractivity (Wildman–Crippen MR) is 155 cm³/mol. The number of nitrogens with two attached hydrogens (primary N) is 1. The SMILES string of the molecule is CC(C)(C)C(=O)SC=COP(=O)(OC=CSC(=O)C(C)(C)C)OC[C@@H]1C[C@@H](O)[C@H](n2cnc3c(=O)[nH]c(N)nc32)O1. The van der Waals surface area contributed by atoms with E-state index in [1.54, 1.807) is 41.5 Å². The number of aliphatic hydroxyl groups is 1. The van der Waals surface area contributed by atoms with E-state index in [9.17, 15) is 24.1 Å². The molecule has 0 saturated carbocycles. The van der Waals surface area contributed by atoms with E-state index in [1.807, 2.05) is 0 Å². The van der Waals surface area contributed by atoms with Gasteiger partial charge in [0.25, 0.3) is 5.56 Å². The maximum absolute atomic E-state index is 13.3. The summed E-state index contributed by atoms with van der Waals surface area (Å²) in [7, 11) is -4.30. The van der Waals surface area contributed by atoms with Crippen molar-refractivity contribution in [1.82, 2.24) is 19.5 Å². The van der Waals surface area contributed by atoms with Crippen molar-refractivity contribution in [3.05, 3.63) is 40.0 Å². The molecule has 0 aromatic carbocycles. The van der Waals surface area contributed by atoms with Gasteiger partial charge < -0.3 is 24.6 Å². The molecule has 2 aromatic rings. The number of H-pyrrole nitrogens is 1. The van der Waals surface area contributed by atoms with Gasteiger partial charge in [0, 0.05) is 28.1 Å². The number of nitrogens with zero attached hydrogens (tertiary/aromatic N) is 3. The molecule has 0 amide bonds. The third kappa shape index (κ3) is 8.93. The first-order valence-electron chi connectivity index (χ1n) is 12.4. The van der Waals surface area contributed by atoms with Gasteiger partial charge in [-0.3, -0.25) is 28.5 Å². The summed E-state index contributed by atoms with van der Waals surface area (Å²) in [5.41, 5.74) is 4.04. The highest BCUT2D eigenvalue weighted by Gasteiger charge is 2.39. The quantitative estimate of drug-likeness (QED) is 0.250. The standard InChI is InChI=1S/C24H34N5O9PS2/c1-23(2,3)20(32)40-9-7-35-39(34,36-8-10-41-21(33)24(4,5)6)37-12-14-11-15(30)19(38-14)29-13-26-16-17(29)27-22(25)28-18(16)31/h7-10,13-15,19,30H,11-12H2,1-6H3,(H3,25,27,28,31)/t14-,15+,19+,39?/m0/s1. The van der Waals surface area contributed by atoms with Gasteiger partial charge in [-0.2, -0.15) is 4.98 Å². The van der Waals surface area contributed by atoms with Crippen LogP contribution in [0.3, 0.4) is 0 Å². The zero-order chi connectivity index (χ0) is 30.6. The van der Waals surface area contributed by atoms with Gasteiger partial charge in [0.15, 0.2) is 27.6 Å². The molecular formula is C24H34N5O9PS2. The van der Waals surface area contributed by atoms with Crippen molar-refractivity contribution in [3.63, 3.8) is 0 Å². The molecule has 0 radical (unpaired) electrons. The summed E-state index contributed by atoms with van der Waals surface area (Å²) in [5, 5.41) is 13.0. The number of rotatable bonds is 10. The number of fused-ring (bicyclic) bond motifs is 1. The van der Waals surface area contributed by atoms with Crippen LogP contribution in [0.5, 0.6) is 0 Å². The number of aromatic amines is 1. The number of carbonyl (C=O) groups is 2. The van der Waals surface area contributed by atoms with E-state index in [-0.39, 0.29) is 40.4 Å². The number of thioether (sulfide) groups is 2. The van der Waals surface area contributed by atoms with Crippen LogP contribution in [0.15, 0.2) is 34.5 Å². The number of nitrogen functional groups attached to an aromatic ring is 1. The smallest absolute Gasteiger partial charge is 0.402 e. The fourth-order valence-corrected chi connectivity index (χ4v) is 5.49. The Labute approximate surface area is 245 Å². The average Bonchev–Trinajstić information content (AvgIpc) is 3.44. The Hall–Kier alpha value is -2.62. The monoisotopic (exact) mass is 631 g/mol. The number of phosphoric acid groups is 1. The Morgan fingerprint density at radius 1 is 1.17 bits per heavy atom. The van der Waals surface area contributed by atoms with Gasteiger partial charge in [-0.05, 0) is 0 Å². The van der Waals surface area contributed by atoms with Crippen LogP contribution in [0.1, 0.15) is 54.2 Å². The molecule has 1 aliphatic rings. The van der Waals surface area contributed by atoms with E-state index >= 15 is 0 Å². The second-order valence-corrected chi connectivity index (χ2v) is 14.4. The van der Waals surface area contributed by atoms with Crippen LogP contribution in [-0.2, 0) is 32.5 Å². The van der Waals surface area contributed by atoms with Crippen molar-refractivity contribution >= 4 is 58.7 Å². The second-order valence-electron chi connectivity index (χ2n) is 11.0. The minimum Gasteiger partial charge on any atom is -0.402 e. The predicted octanol–water partition coefficient (Wildman–Crippen LogP) is 4.06. The molecule has 0 spiro atoms. The number of ether oxygens (including phenoxy) is 1. The summed E-state index contributed by atoms with van der Waals surface area (Å²) in [6.45, 7) is 10.2. The van der Waals surface area contributed by atoms with Crippen LogP contribution in [0.2, 0.25) is 0 Å². The van der Waals surface area contributed by atoms with E-state index in [4.69, 9.17) is 24.0 Å². The van der Waals surface area contributed by atoms with Gasteiger partial charge in [-0.25, -0.2) is 9.55 Å².